The van der Waals surface area contributed by atoms with E-state index in [1.165, 1.54) is 0 Å². The van der Waals surface area contributed by atoms with Crippen LogP contribution < -0.4 is 5.32 Å². The van der Waals surface area contributed by atoms with E-state index in [4.69, 9.17) is 9.47 Å². The quantitative estimate of drug-likeness (QED) is 0.649. The highest BCUT2D eigenvalue weighted by molar-refractivity contribution is 5.92. The molecule has 1 rings (SSSR count). The Morgan fingerprint density at radius 2 is 2.08 bits per heavy atom. The van der Waals surface area contributed by atoms with Gasteiger partial charge < -0.3 is 14.8 Å². The Labute approximate surface area is 77.9 Å². The van der Waals surface area contributed by atoms with Crippen LogP contribution in [0.2, 0.25) is 0 Å². The van der Waals surface area contributed by atoms with E-state index in [1.807, 2.05) is 0 Å². The molecule has 0 spiro atoms. The summed E-state index contributed by atoms with van der Waals surface area (Å²) in [5.74, 6) is -0.828. The van der Waals surface area contributed by atoms with Crippen molar-refractivity contribution in [3.05, 3.63) is 12.2 Å². The first-order chi connectivity index (χ1) is 6.03. The van der Waals surface area contributed by atoms with Gasteiger partial charge in [-0.15, -0.1) is 0 Å². The van der Waals surface area contributed by atoms with Crippen molar-refractivity contribution >= 4 is 5.91 Å². The molecule has 1 N–H and O–H groups in total. The highest BCUT2D eigenvalue weighted by Gasteiger charge is 2.31. The van der Waals surface area contributed by atoms with Gasteiger partial charge in [0, 0.05) is 5.57 Å². The molecule has 0 radical (unpaired) electrons. The topological polar surface area (TPSA) is 47.6 Å². The Morgan fingerprint density at radius 1 is 1.54 bits per heavy atom. The number of rotatable bonds is 3. The van der Waals surface area contributed by atoms with E-state index in [9.17, 15) is 4.79 Å². The molecule has 0 atom stereocenters. The van der Waals surface area contributed by atoms with E-state index in [-0.39, 0.29) is 5.91 Å². The largest absolute Gasteiger partial charge is 0.347 e. The second-order valence-corrected chi connectivity index (χ2v) is 3.29. The van der Waals surface area contributed by atoms with Crippen LogP contribution in [-0.4, -0.2) is 31.5 Å². The van der Waals surface area contributed by atoms with Crippen LogP contribution in [0.3, 0.4) is 0 Å². The van der Waals surface area contributed by atoms with E-state index < -0.39 is 5.79 Å². The van der Waals surface area contributed by atoms with Crippen LogP contribution in [0.1, 0.15) is 13.8 Å². The zero-order chi connectivity index (χ0) is 9.90. The summed E-state index contributed by atoms with van der Waals surface area (Å²) in [6, 6.07) is 0. The fourth-order valence-corrected chi connectivity index (χ4v) is 1.05. The van der Waals surface area contributed by atoms with Crippen LogP contribution in [0.25, 0.3) is 0 Å². The van der Waals surface area contributed by atoms with Crippen LogP contribution in [0.15, 0.2) is 12.2 Å². The van der Waals surface area contributed by atoms with Crippen LogP contribution >= 0.6 is 0 Å². The molecule has 0 unspecified atom stereocenters. The van der Waals surface area contributed by atoms with Crippen molar-refractivity contribution in [2.75, 3.05) is 19.8 Å². The molecule has 0 aromatic rings. The first-order valence-corrected chi connectivity index (χ1v) is 4.25. The second kappa shape index (κ2) is 3.89. The molecule has 0 aromatic heterocycles. The monoisotopic (exact) mass is 185 g/mol. The predicted octanol–water partition coefficient (Wildman–Crippen LogP) is 0.442. The number of hydrogen-bond acceptors (Lipinski definition) is 3. The summed E-state index contributed by atoms with van der Waals surface area (Å²) in [6.45, 7) is 8.52. The SMILES string of the molecule is C=C(C)C(=O)NCC1(C)OCCO1. The van der Waals surface area contributed by atoms with Gasteiger partial charge in [0.15, 0.2) is 5.79 Å². The lowest BCUT2D eigenvalue weighted by Crippen LogP contribution is -2.41. The van der Waals surface area contributed by atoms with Gasteiger partial charge in [0.1, 0.15) is 0 Å². The summed E-state index contributed by atoms with van der Waals surface area (Å²) in [5, 5.41) is 2.68. The van der Waals surface area contributed by atoms with Crippen molar-refractivity contribution < 1.29 is 14.3 Å². The number of hydrogen-bond donors (Lipinski definition) is 1. The van der Waals surface area contributed by atoms with Gasteiger partial charge in [-0.25, -0.2) is 0 Å². The van der Waals surface area contributed by atoms with Crippen molar-refractivity contribution in [2.45, 2.75) is 19.6 Å². The summed E-state index contributed by atoms with van der Waals surface area (Å²) >= 11 is 0. The van der Waals surface area contributed by atoms with E-state index in [0.29, 0.717) is 25.3 Å². The van der Waals surface area contributed by atoms with Gasteiger partial charge in [-0.1, -0.05) is 6.58 Å². The molecule has 0 bridgehead atoms. The first-order valence-electron chi connectivity index (χ1n) is 4.25. The molecule has 1 heterocycles. The fourth-order valence-electron chi connectivity index (χ4n) is 1.05. The number of ether oxygens (including phenoxy) is 2. The summed E-state index contributed by atoms with van der Waals surface area (Å²) < 4.78 is 10.6. The summed E-state index contributed by atoms with van der Waals surface area (Å²) in [4.78, 5) is 11.1. The average molecular weight is 185 g/mol. The maximum absolute atomic E-state index is 11.1. The first kappa shape index (κ1) is 10.2. The normalized spacial score (nSPS) is 19.8. The third kappa shape index (κ3) is 2.82. The van der Waals surface area contributed by atoms with E-state index in [0.717, 1.165) is 0 Å². The molecule has 1 aliphatic heterocycles. The van der Waals surface area contributed by atoms with E-state index in [1.54, 1.807) is 13.8 Å². The molecule has 74 valence electrons. The number of carbonyl (C=O) groups is 1. The van der Waals surface area contributed by atoms with Gasteiger partial charge in [-0.05, 0) is 13.8 Å². The Morgan fingerprint density at radius 3 is 2.54 bits per heavy atom. The maximum Gasteiger partial charge on any atom is 0.246 e. The maximum atomic E-state index is 11.1. The zero-order valence-corrected chi connectivity index (χ0v) is 8.05. The van der Waals surface area contributed by atoms with Gasteiger partial charge in [-0.2, -0.15) is 0 Å². The minimum atomic E-state index is -0.662. The molecule has 0 aromatic carbocycles. The van der Waals surface area contributed by atoms with Crippen LogP contribution in [-0.2, 0) is 14.3 Å². The molecule has 0 saturated carbocycles. The van der Waals surface area contributed by atoms with Crippen molar-refractivity contribution in [3.8, 4) is 0 Å². The van der Waals surface area contributed by atoms with Gasteiger partial charge in [-0.3, -0.25) is 4.79 Å². The Kier molecular flexibility index (Phi) is 3.06. The average Bonchev–Trinajstić information content (AvgIpc) is 2.48. The highest BCUT2D eigenvalue weighted by Crippen LogP contribution is 2.16. The highest BCUT2D eigenvalue weighted by atomic mass is 16.7. The number of nitrogens with one attached hydrogen (secondary N) is 1. The molecule has 4 heteroatoms. The molecule has 0 aliphatic carbocycles. The smallest absolute Gasteiger partial charge is 0.246 e. The summed E-state index contributed by atoms with van der Waals surface area (Å²) in [6.07, 6.45) is 0. The lowest BCUT2D eigenvalue weighted by atomic mass is 10.3. The number of amides is 1. The van der Waals surface area contributed by atoms with E-state index >= 15 is 0 Å². The summed E-state index contributed by atoms with van der Waals surface area (Å²) in [5.41, 5.74) is 0.488. The lowest BCUT2D eigenvalue weighted by Gasteiger charge is -2.22. The Hall–Kier alpha value is -0.870. The molecule has 1 fully saturated rings. The van der Waals surface area contributed by atoms with Gasteiger partial charge in [0.2, 0.25) is 5.91 Å². The fraction of sp³-hybridized carbons (Fsp3) is 0.667. The number of carbonyl (C=O) groups excluding carboxylic acids is 1. The van der Waals surface area contributed by atoms with Crippen LogP contribution in [0.5, 0.6) is 0 Å². The van der Waals surface area contributed by atoms with Crippen molar-refractivity contribution in [1.29, 1.82) is 0 Å². The molecule has 4 nitrogen and oxygen atoms in total. The molecular weight excluding hydrogens is 170 g/mol. The minimum absolute atomic E-state index is 0.166. The van der Waals surface area contributed by atoms with Crippen LogP contribution in [0.4, 0.5) is 0 Å². The predicted molar refractivity (Wildman–Crippen MR) is 48.1 cm³/mol. The zero-order valence-electron chi connectivity index (χ0n) is 8.05. The minimum Gasteiger partial charge on any atom is -0.347 e. The lowest BCUT2D eigenvalue weighted by molar-refractivity contribution is -0.144. The van der Waals surface area contributed by atoms with E-state index in [2.05, 4.69) is 11.9 Å². The molecule has 1 saturated heterocycles. The van der Waals surface area contributed by atoms with Crippen molar-refractivity contribution in [1.82, 2.24) is 5.32 Å². The Balaban J connectivity index is 2.33. The molecule has 1 amide bonds. The second-order valence-electron chi connectivity index (χ2n) is 3.29. The third-order valence-electron chi connectivity index (χ3n) is 1.86. The molecule has 13 heavy (non-hydrogen) atoms. The molecule has 1 aliphatic rings. The van der Waals surface area contributed by atoms with Crippen LogP contribution in [0, 0.1) is 0 Å². The van der Waals surface area contributed by atoms with Gasteiger partial charge in [0.05, 0.1) is 19.8 Å². The Bertz CT molecular complexity index is 219. The van der Waals surface area contributed by atoms with Crippen molar-refractivity contribution in [2.24, 2.45) is 0 Å². The summed E-state index contributed by atoms with van der Waals surface area (Å²) in [7, 11) is 0. The standard InChI is InChI=1S/C9H15NO3/c1-7(2)8(11)10-6-9(3)12-4-5-13-9/h1,4-6H2,2-3H3,(H,10,11). The van der Waals surface area contributed by atoms with Gasteiger partial charge >= 0.3 is 0 Å². The van der Waals surface area contributed by atoms with Crippen molar-refractivity contribution in [3.63, 3.8) is 0 Å². The molecular formula is C9H15NO3. The third-order valence-corrected chi connectivity index (χ3v) is 1.86. The van der Waals surface area contributed by atoms with Gasteiger partial charge in [0.25, 0.3) is 0 Å².